The Bertz CT molecular complexity index is 488. The Labute approximate surface area is 119 Å². The summed E-state index contributed by atoms with van der Waals surface area (Å²) in [5, 5.41) is 6.53. The lowest BCUT2D eigenvalue weighted by atomic mass is 10.1. The number of benzene rings is 1. The van der Waals surface area contributed by atoms with Gasteiger partial charge in [0.15, 0.2) is 0 Å². The van der Waals surface area contributed by atoms with Gasteiger partial charge >= 0.3 is 0 Å². The first-order valence-corrected chi connectivity index (χ1v) is 7.89. The average molecular weight is 274 g/mol. The second-order valence-corrected chi connectivity index (χ2v) is 5.72. The third-order valence-corrected chi connectivity index (χ3v) is 4.12. The zero-order valence-electron chi connectivity index (χ0n) is 11.8. The van der Waals surface area contributed by atoms with Crippen LogP contribution in [0.25, 0.3) is 11.3 Å². The topological polar surface area (TPSA) is 24.9 Å². The number of rotatable bonds is 7. The summed E-state index contributed by atoms with van der Waals surface area (Å²) in [6.45, 7) is 3.22. The molecule has 2 aromatic rings. The van der Waals surface area contributed by atoms with E-state index in [1.807, 2.05) is 7.05 Å². The van der Waals surface area contributed by atoms with Crippen molar-refractivity contribution in [3.05, 3.63) is 40.2 Å². The molecule has 2 nitrogen and oxygen atoms in total. The Hall–Kier alpha value is -1.19. The maximum atomic E-state index is 4.69. The van der Waals surface area contributed by atoms with Crippen molar-refractivity contribution in [1.29, 1.82) is 0 Å². The maximum absolute atomic E-state index is 4.69. The van der Waals surface area contributed by atoms with Gasteiger partial charge in [-0.05, 0) is 25.5 Å². The van der Waals surface area contributed by atoms with Gasteiger partial charge in [0.25, 0.3) is 0 Å². The van der Waals surface area contributed by atoms with Gasteiger partial charge in [0, 0.05) is 23.9 Å². The highest BCUT2D eigenvalue weighted by atomic mass is 32.1. The second kappa shape index (κ2) is 7.41. The minimum absolute atomic E-state index is 0.989. The van der Waals surface area contributed by atoms with Gasteiger partial charge in [0.2, 0.25) is 0 Å². The molecule has 1 aromatic heterocycles. The molecule has 19 heavy (non-hydrogen) atoms. The van der Waals surface area contributed by atoms with Crippen LogP contribution in [0, 0.1) is 0 Å². The van der Waals surface area contributed by atoms with Crippen LogP contribution in [-0.4, -0.2) is 18.6 Å². The fourth-order valence-electron chi connectivity index (χ4n) is 2.01. The standard InChI is InChI=1S/C16H22N2S/c1-3-4-5-13-6-8-14(9-7-13)15-12-19-16(18-15)10-11-17-2/h6-9,12,17H,3-5,10-11H2,1-2H3. The van der Waals surface area contributed by atoms with Crippen LogP contribution in [0.3, 0.4) is 0 Å². The highest BCUT2D eigenvalue weighted by Gasteiger charge is 2.04. The Kier molecular flexibility index (Phi) is 5.55. The molecule has 2 rings (SSSR count). The Balaban J connectivity index is 2.02. The lowest BCUT2D eigenvalue weighted by Gasteiger charge is -2.01. The number of thiazole rings is 1. The number of hydrogen-bond acceptors (Lipinski definition) is 3. The molecule has 1 heterocycles. The number of aryl methyl sites for hydroxylation is 1. The van der Waals surface area contributed by atoms with Crippen LogP contribution >= 0.6 is 11.3 Å². The molecule has 1 N–H and O–H groups in total. The van der Waals surface area contributed by atoms with Gasteiger partial charge in [-0.1, -0.05) is 37.6 Å². The van der Waals surface area contributed by atoms with Crippen molar-refractivity contribution in [3.63, 3.8) is 0 Å². The molecule has 0 aliphatic rings. The van der Waals surface area contributed by atoms with Crippen molar-refractivity contribution >= 4 is 11.3 Å². The number of hydrogen-bond donors (Lipinski definition) is 1. The highest BCUT2D eigenvalue weighted by Crippen LogP contribution is 2.22. The van der Waals surface area contributed by atoms with Crippen LogP contribution in [0.1, 0.15) is 30.3 Å². The zero-order chi connectivity index (χ0) is 13.5. The minimum Gasteiger partial charge on any atom is -0.319 e. The normalized spacial score (nSPS) is 10.8. The summed E-state index contributed by atoms with van der Waals surface area (Å²) >= 11 is 1.75. The van der Waals surface area contributed by atoms with Gasteiger partial charge in [-0.3, -0.25) is 0 Å². The molecule has 0 amide bonds. The van der Waals surface area contributed by atoms with E-state index < -0.39 is 0 Å². The van der Waals surface area contributed by atoms with E-state index in [4.69, 9.17) is 0 Å². The minimum atomic E-state index is 0.989. The first kappa shape index (κ1) is 14.2. The molecule has 0 radical (unpaired) electrons. The van der Waals surface area contributed by atoms with Crippen LogP contribution in [0.2, 0.25) is 0 Å². The number of likely N-dealkylation sites (N-methyl/N-ethyl adjacent to an activating group) is 1. The van der Waals surface area contributed by atoms with Crippen molar-refractivity contribution in [1.82, 2.24) is 10.3 Å². The summed E-state index contributed by atoms with van der Waals surface area (Å²) in [6.07, 6.45) is 4.71. The Morgan fingerprint density at radius 2 is 1.95 bits per heavy atom. The number of nitrogens with zero attached hydrogens (tertiary/aromatic N) is 1. The lowest BCUT2D eigenvalue weighted by Crippen LogP contribution is -2.09. The lowest BCUT2D eigenvalue weighted by molar-refractivity contribution is 0.788. The first-order chi connectivity index (χ1) is 9.33. The second-order valence-electron chi connectivity index (χ2n) is 4.78. The van der Waals surface area contributed by atoms with Crippen molar-refractivity contribution < 1.29 is 0 Å². The number of unbranched alkanes of at least 4 members (excludes halogenated alkanes) is 1. The fourth-order valence-corrected chi connectivity index (χ4v) is 2.82. The first-order valence-electron chi connectivity index (χ1n) is 7.01. The van der Waals surface area contributed by atoms with Crippen molar-refractivity contribution in [2.45, 2.75) is 32.6 Å². The molecule has 3 heteroatoms. The molecule has 0 saturated carbocycles. The van der Waals surface area contributed by atoms with Gasteiger partial charge in [-0.25, -0.2) is 4.98 Å². The average Bonchev–Trinajstić information content (AvgIpc) is 2.92. The van der Waals surface area contributed by atoms with Crippen LogP contribution < -0.4 is 5.32 Å². The Morgan fingerprint density at radius 1 is 1.16 bits per heavy atom. The fraction of sp³-hybridized carbons (Fsp3) is 0.438. The molecular weight excluding hydrogens is 252 g/mol. The molecule has 0 aliphatic heterocycles. The van der Waals surface area contributed by atoms with Crippen molar-refractivity contribution in [2.75, 3.05) is 13.6 Å². The van der Waals surface area contributed by atoms with Gasteiger partial charge in [0.05, 0.1) is 10.7 Å². The van der Waals surface area contributed by atoms with E-state index >= 15 is 0 Å². The van der Waals surface area contributed by atoms with Crippen LogP contribution in [0.4, 0.5) is 0 Å². The molecule has 0 unspecified atom stereocenters. The molecule has 0 bridgehead atoms. The predicted octanol–water partition coefficient (Wildman–Crippen LogP) is 3.91. The van der Waals surface area contributed by atoms with Gasteiger partial charge in [-0.15, -0.1) is 11.3 Å². The SMILES string of the molecule is CCCCc1ccc(-c2csc(CCNC)n2)cc1. The van der Waals surface area contributed by atoms with Crippen LogP contribution in [0.5, 0.6) is 0 Å². The molecule has 0 spiro atoms. The van der Waals surface area contributed by atoms with Crippen LogP contribution in [0.15, 0.2) is 29.6 Å². The number of aromatic nitrogens is 1. The zero-order valence-corrected chi connectivity index (χ0v) is 12.6. The molecule has 0 saturated heterocycles. The predicted molar refractivity (Wildman–Crippen MR) is 83.8 cm³/mol. The summed E-state index contributed by atoms with van der Waals surface area (Å²) in [6, 6.07) is 8.86. The monoisotopic (exact) mass is 274 g/mol. The van der Waals surface area contributed by atoms with E-state index in [1.54, 1.807) is 11.3 Å². The van der Waals surface area contributed by atoms with E-state index in [0.29, 0.717) is 0 Å². The molecular formula is C16H22N2S. The molecule has 1 aromatic carbocycles. The molecule has 102 valence electrons. The summed E-state index contributed by atoms with van der Waals surface area (Å²) in [5.41, 5.74) is 3.77. The van der Waals surface area contributed by atoms with E-state index in [0.717, 1.165) is 18.7 Å². The van der Waals surface area contributed by atoms with Crippen molar-refractivity contribution in [2.24, 2.45) is 0 Å². The molecule has 0 atom stereocenters. The van der Waals surface area contributed by atoms with Crippen LogP contribution in [-0.2, 0) is 12.8 Å². The molecule has 0 fully saturated rings. The summed E-state index contributed by atoms with van der Waals surface area (Å²) in [5.74, 6) is 0. The summed E-state index contributed by atoms with van der Waals surface area (Å²) in [7, 11) is 1.98. The van der Waals surface area contributed by atoms with E-state index in [2.05, 4.69) is 46.9 Å². The third kappa shape index (κ3) is 4.15. The van der Waals surface area contributed by atoms with E-state index in [-0.39, 0.29) is 0 Å². The van der Waals surface area contributed by atoms with Gasteiger partial charge in [-0.2, -0.15) is 0 Å². The highest BCUT2D eigenvalue weighted by molar-refractivity contribution is 7.09. The largest absolute Gasteiger partial charge is 0.319 e. The number of nitrogens with one attached hydrogen (secondary N) is 1. The quantitative estimate of drug-likeness (QED) is 0.828. The summed E-state index contributed by atoms with van der Waals surface area (Å²) < 4.78 is 0. The third-order valence-electron chi connectivity index (χ3n) is 3.21. The summed E-state index contributed by atoms with van der Waals surface area (Å²) in [4.78, 5) is 4.69. The Morgan fingerprint density at radius 3 is 2.63 bits per heavy atom. The van der Waals surface area contributed by atoms with Crippen molar-refractivity contribution in [3.8, 4) is 11.3 Å². The van der Waals surface area contributed by atoms with E-state index in [1.165, 1.54) is 35.4 Å². The van der Waals surface area contributed by atoms with Gasteiger partial charge < -0.3 is 5.32 Å². The van der Waals surface area contributed by atoms with Gasteiger partial charge in [0.1, 0.15) is 0 Å². The smallest absolute Gasteiger partial charge is 0.0945 e. The molecule has 0 aliphatic carbocycles. The maximum Gasteiger partial charge on any atom is 0.0945 e. The van der Waals surface area contributed by atoms with E-state index in [9.17, 15) is 0 Å².